The monoisotopic (exact) mass is 1030 g/mol. The van der Waals surface area contributed by atoms with Gasteiger partial charge in [0.15, 0.2) is 0 Å². The van der Waals surface area contributed by atoms with Gasteiger partial charge in [-0.3, -0.25) is 9.55 Å². The summed E-state index contributed by atoms with van der Waals surface area (Å²) in [6, 6.07) is 61.5. The molecule has 0 radical (unpaired) electrons. The topological polar surface area (TPSA) is 50.9 Å². The van der Waals surface area contributed by atoms with Crippen LogP contribution in [0.5, 0.6) is 5.75 Å². The fourth-order valence-corrected chi connectivity index (χ4v) is 8.52. The number of hydrogen-bond donors (Lipinski definition) is 1. The molecule has 0 aliphatic rings. The second kappa shape index (κ2) is 17.6. The third kappa shape index (κ3) is 9.15. The van der Waals surface area contributed by atoms with Gasteiger partial charge in [-0.25, -0.2) is 4.98 Å². The molecular formula is C60H56N3OPt-. The first kappa shape index (κ1) is 45.2. The Labute approximate surface area is 399 Å². The Morgan fingerprint density at radius 3 is 1.68 bits per heavy atom. The Hall–Kier alpha value is -6.35. The molecule has 7 aromatic carbocycles. The zero-order chi connectivity index (χ0) is 45.0. The van der Waals surface area contributed by atoms with Gasteiger partial charge in [-0.05, 0) is 97.7 Å². The Morgan fingerprint density at radius 2 is 1.02 bits per heavy atom. The fourth-order valence-electron chi connectivity index (χ4n) is 8.52. The Balaban J connectivity index is 0.00000576. The summed E-state index contributed by atoms with van der Waals surface area (Å²) < 4.78 is 2.25. The number of rotatable bonds is 7. The number of aromatic nitrogens is 3. The Bertz CT molecular complexity index is 3160. The van der Waals surface area contributed by atoms with E-state index in [1.807, 2.05) is 24.4 Å². The smallest absolute Gasteiger partial charge is 0.148 e. The van der Waals surface area contributed by atoms with Gasteiger partial charge in [-0.1, -0.05) is 183 Å². The zero-order valence-electron chi connectivity index (χ0n) is 38.8. The van der Waals surface area contributed by atoms with E-state index in [2.05, 4.69) is 219 Å². The van der Waals surface area contributed by atoms with Crippen molar-refractivity contribution in [3.63, 3.8) is 0 Å². The molecule has 65 heavy (non-hydrogen) atoms. The molecule has 328 valence electrons. The third-order valence-electron chi connectivity index (χ3n) is 12.3. The van der Waals surface area contributed by atoms with E-state index in [9.17, 15) is 5.11 Å². The minimum absolute atomic E-state index is 0. The van der Waals surface area contributed by atoms with Crippen molar-refractivity contribution in [3.05, 3.63) is 193 Å². The van der Waals surface area contributed by atoms with Crippen molar-refractivity contribution in [2.75, 3.05) is 0 Å². The standard InChI is InChI=1S/C60H56N3O.Pt/c1-58(2,3)46-26-28-53(50(37-46)40-20-14-11-15-21-40)63-54-25-17-24-49(56(54)62-57(63)51-38-47(59(4,5)6)27-29-55(51)64)44-33-45(35-48(34-44)60(7,8)9)52-36-43(30-31-61-52)42-23-16-22-41(32-42)39-18-12-10-13-19-39;/h10-32,34-38,64H,1-9H3;/q-1;. The van der Waals surface area contributed by atoms with Gasteiger partial charge in [-0.15, -0.1) is 29.3 Å². The van der Waals surface area contributed by atoms with Crippen molar-refractivity contribution < 1.29 is 26.2 Å². The summed E-state index contributed by atoms with van der Waals surface area (Å²) in [5.41, 5.74) is 17.0. The maximum absolute atomic E-state index is 11.8. The SMILES string of the molecule is CC(C)(C)c1cc(-c2cc(-c3cccc(-c4ccccc4)c3)ccn2)[c-]c(-c2cccc3c2nc(-c2cc(C(C)(C)C)ccc2O)n3-c2ccc(C(C)(C)C)cc2-c2ccccc2)c1.[Pt]. The largest absolute Gasteiger partial charge is 0.507 e. The van der Waals surface area contributed by atoms with Gasteiger partial charge in [-0.2, -0.15) is 0 Å². The fraction of sp³-hybridized carbons (Fsp3) is 0.200. The van der Waals surface area contributed by atoms with Crippen LogP contribution in [-0.4, -0.2) is 19.6 Å². The second-order valence-electron chi connectivity index (χ2n) is 20.1. The number of pyridine rings is 1. The van der Waals surface area contributed by atoms with E-state index >= 15 is 0 Å². The van der Waals surface area contributed by atoms with E-state index < -0.39 is 0 Å². The number of phenols is 1. The van der Waals surface area contributed by atoms with Crippen LogP contribution in [0, 0.1) is 6.07 Å². The van der Waals surface area contributed by atoms with Gasteiger partial charge in [0.25, 0.3) is 0 Å². The molecule has 0 aliphatic heterocycles. The third-order valence-corrected chi connectivity index (χ3v) is 12.3. The van der Waals surface area contributed by atoms with Crippen LogP contribution in [0.4, 0.5) is 0 Å². The van der Waals surface area contributed by atoms with Crippen molar-refractivity contribution in [2.24, 2.45) is 0 Å². The molecule has 0 saturated heterocycles. The molecule has 9 rings (SSSR count). The molecule has 5 heteroatoms. The maximum Gasteiger partial charge on any atom is 0.148 e. The van der Waals surface area contributed by atoms with E-state index in [1.54, 1.807) is 0 Å². The molecular weight excluding hydrogens is 974 g/mol. The van der Waals surface area contributed by atoms with Crippen molar-refractivity contribution >= 4 is 11.0 Å². The predicted octanol–water partition coefficient (Wildman–Crippen LogP) is 15.8. The van der Waals surface area contributed by atoms with Gasteiger partial charge in [0.1, 0.15) is 11.6 Å². The van der Waals surface area contributed by atoms with Crippen LogP contribution in [0.3, 0.4) is 0 Å². The van der Waals surface area contributed by atoms with Crippen LogP contribution in [0.25, 0.3) is 83.9 Å². The van der Waals surface area contributed by atoms with Gasteiger partial charge in [0.05, 0.1) is 22.3 Å². The Kier molecular flexibility index (Phi) is 12.2. The molecule has 0 amide bonds. The number of nitrogens with zero attached hydrogens (tertiary/aromatic N) is 3. The van der Waals surface area contributed by atoms with E-state index in [0.717, 1.165) is 66.9 Å². The zero-order valence-corrected chi connectivity index (χ0v) is 41.0. The van der Waals surface area contributed by atoms with Crippen LogP contribution < -0.4 is 0 Å². The number of para-hydroxylation sites is 1. The number of benzene rings is 7. The number of phenolic OH excluding ortho intramolecular Hbond substituents is 1. The molecule has 0 unspecified atom stereocenters. The predicted molar refractivity (Wildman–Crippen MR) is 268 cm³/mol. The first-order chi connectivity index (χ1) is 30.5. The molecule has 1 N–H and O–H groups in total. The average Bonchev–Trinajstić information content (AvgIpc) is 3.68. The molecule has 0 spiro atoms. The summed E-state index contributed by atoms with van der Waals surface area (Å²) in [6.07, 6.45) is 1.90. The van der Waals surface area contributed by atoms with Crippen molar-refractivity contribution in [1.82, 2.24) is 14.5 Å². The molecule has 0 aliphatic carbocycles. The summed E-state index contributed by atoms with van der Waals surface area (Å²) in [6.45, 7) is 20.1. The average molecular weight is 1030 g/mol. The first-order valence-corrected chi connectivity index (χ1v) is 22.3. The number of imidazole rings is 1. The van der Waals surface area contributed by atoms with Gasteiger partial charge in [0, 0.05) is 38.5 Å². The first-order valence-electron chi connectivity index (χ1n) is 22.3. The summed E-state index contributed by atoms with van der Waals surface area (Å²) in [5.74, 6) is 0.855. The molecule has 2 aromatic heterocycles. The molecule has 0 fully saturated rings. The quantitative estimate of drug-likeness (QED) is 0.162. The van der Waals surface area contributed by atoms with E-state index in [-0.39, 0.29) is 43.1 Å². The maximum atomic E-state index is 11.8. The number of fused-ring (bicyclic) bond motifs is 1. The summed E-state index contributed by atoms with van der Waals surface area (Å²) >= 11 is 0. The van der Waals surface area contributed by atoms with E-state index in [4.69, 9.17) is 9.97 Å². The van der Waals surface area contributed by atoms with E-state index in [0.29, 0.717) is 11.4 Å². The second-order valence-corrected chi connectivity index (χ2v) is 20.1. The molecule has 0 atom stereocenters. The van der Waals surface area contributed by atoms with Crippen LogP contribution in [0.1, 0.15) is 79.0 Å². The van der Waals surface area contributed by atoms with Crippen LogP contribution in [0.2, 0.25) is 0 Å². The van der Waals surface area contributed by atoms with Gasteiger partial charge >= 0.3 is 0 Å². The van der Waals surface area contributed by atoms with Crippen molar-refractivity contribution in [3.8, 4) is 78.6 Å². The van der Waals surface area contributed by atoms with Crippen molar-refractivity contribution in [2.45, 2.75) is 78.6 Å². The summed E-state index contributed by atoms with van der Waals surface area (Å²) in [4.78, 5) is 10.5. The molecule has 9 aromatic rings. The van der Waals surface area contributed by atoms with Crippen LogP contribution in [0.15, 0.2) is 170 Å². The molecule has 4 nitrogen and oxygen atoms in total. The minimum Gasteiger partial charge on any atom is -0.507 e. The van der Waals surface area contributed by atoms with E-state index in [1.165, 1.54) is 22.3 Å². The summed E-state index contributed by atoms with van der Waals surface area (Å²) in [7, 11) is 0. The summed E-state index contributed by atoms with van der Waals surface area (Å²) in [5, 5.41) is 11.8. The normalized spacial score (nSPS) is 12.0. The van der Waals surface area contributed by atoms with Gasteiger partial charge < -0.3 is 5.11 Å². The number of hydrogen-bond acceptors (Lipinski definition) is 3. The minimum atomic E-state index is -0.169. The molecule has 2 heterocycles. The Morgan fingerprint density at radius 1 is 0.462 bits per heavy atom. The molecule has 0 bridgehead atoms. The van der Waals surface area contributed by atoms with Crippen LogP contribution in [-0.2, 0) is 37.3 Å². The van der Waals surface area contributed by atoms with Crippen molar-refractivity contribution in [1.29, 1.82) is 0 Å². The van der Waals surface area contributed by atoms with Crippen LogP contribution >= 0.6 is 0 Å². The molecule has 0 saturated carbocycles. The number of aromatic hydroxyl groups is 1. The van der Waals surface area contributed by atoms with Gasteiger partial charge in [0.2, 0.25) is 0 Å².